The average molecular weight is 538 g/mol. The lowest BCUT2D eigenvalue weighted by Crippen LogP contribution is -2.60. The third-order valence-corrected chi connectivity index (χ3v) is 8.67. The number of piperazine rings is 1. The van der Waals surface area contributed by atoms with Gasteiger partial charge in [0.05, 0.1) is 31.7 Å². The number of likely N-dealkylation sites (tertiary alicyclic amines) is 1. The van der Waals surface area contributed by atoms with E-state index in [0.29, 0.717) is 13.0 Å². The molecule has 12 heteroatoms. The molecule has 212 valence electrons. The molecule has 4 heterocycles. The first-order valence-corrected chi connectivity index (χ1v) is 13.4. The second-order valence-corrected chi connectivity index (χ2v) is 11.5. The summed E-state index contributed by atoms with van der Waals surface area (Å²) in [5, 5.41) is 9.04. The number of carbonyl (C=O) groups excluding carboxylic acids is 2. The molecule has 0 unspecified atom stereocenters. The van der Waals surface area contributed by atoms with Gasteiger partial charge in [0.1, 0.15) is 29.5 Å². The van der Waals surface area contributed by atoms with Crippen molar-refractivity contribution in [3.63, 3.8) is 0 Å². The maximum absolute atomic E-state index is 12.9. The van der Waals surface area contributed by atoms with E-state index in [-0.39, 0.29) is 63.0 Å². The van der Waals surface area contributed by atoms with Crippen LogP contribution in [0.2, 0.25) is 0 Å². The van der Waals surface area contributed by atoms with E-state index < -0.39 is 36.1 Å². The van der Waals surface area contributed by atoms with Crippen LogP contribution in [0.1, 0.15) is 40.0 Å². The lowest BCUT2D eigenvalue weighted by atomic mass is 9.68. The quantitative estimate of drug-likeness (QED) is 0.400. The summed E-state index contributed by atoms with van der Waals surface area (Å²) < 4.78 is 29.6. The Balaban J connectivity index is 1.11. The van der Waals surface area contributed by atoms with Crippen LogP contribution in [0.25, 0.3) is 0 Å². The number of carboxylic acid groups (broad SMARTS) is 1. The summed E-state index contributed by atoms with van der Waals surface area (Å²) in [6, 6.07) is 0. The minimum absolute atomic E-state index is 0.0474. The monoisotopic (exact) mass is 537 g/mol. The number of ether oxygens (including phenoxy) is 5. The molecule has 0 bridgehead atoms. The molecule has 4 aliphatic heterocycles. The van der Waals surface area contributed by atoms with Gasteiger partial charge in [0.2, 0.25) is 0 Å². The highest BCUT2D eigenvalue weighted by molar-refractivity contribution is 5.71. The molecule has 0 radical (unpaired) electrons. The van der Waals surface area contributed by atoms with Crippen molar-refractivity contribution in [2.45, 2.75) is 75.7 Å². The normalized spacial score (nSPS) is 36.4. The van der Waals surface area contributed by atoms with E-state index >= 15 is 0 Å². The molecule has 0 aromatic rings. The van der Waals surface area contributed by atoms with Crippen LogP contribution >= 0.6 is 0 Å². The van der Waals surface area contributed by atoms with Crippen molar-refractivity contribution < 1.29 is 43.2 Å². The van der Waals surface area contributed by atoms with Crippen LogP contribution in [0, 0.1) is 5.92 Å². The summed E-state index contributed by atoms with van der Waals surface area (Å²) in [5.41, 5.74) is 0.558. The van der Waals surface area contributed by atoms with Crippen molar-refractivity contribution in [1.82, 2.24) is 14.7 Å². The summed E-state index contributed by atoms with van der Waals surface area (Å²) in [6.07, 6.45) is 1.39. The zero-order valence-electron chi connectivity index (χ0n) is 22.6. The number of hydrogen-bond acceptors (Lipinski definition) is 8. The van der Waals surface area contributed by atoms with Gasteiger partial charge in [0, 0.05) is 33.3 Å². The molecule has 3 amide bonds. The van der Waals surface area contributed by atoms with E-state index in [9.17, 15) is 14.4 Å². The van der Waals surface area contributed by atoms with E-state index in [4.69, 9.17) is 28.8 Å². The van der Waals surface area contributed by atoms with Crippen molar-refractivity contribution in [2.75, 3.05) is 53.0 Å². The molecule has 5 fully saturated rings. The smallest absolute Gasteiger partial charge is 0.410 e. The zero-order valence-corrected chi connectivity index (χ0v) is 22.6. The van der Waals surface area contributed by atoms with Gasteiger partial charge in [-0.2, -0.15) is 0 Å². The Morgan fingerprint density at radius 2 is 1.66 bits per heavy atom. The van der Waals surface area contributed by atoms with Gasteiger partial charge in [0.15, 0.2) is 0 Å². The van der Waals surface area contributed by atoms with Crippen molar-refractivity contribution in [3.8, 4) is 0 Å². The standard InChI is InChI=1S/C26H39N3O9/c1-16(2)5-6-19-25(3,38-19)21-20(34-4)18(7-8-26(21)15-35-26)37-24(33)29-13-17(14-29)36-23(32)28-11-9-27(10-12-28)22(30)31/h5,17-21H,6-15H2,1-4H3,(H,30,31)/t18-,19-,20-,21-,25+,26+/m1/s1. The number of methoxy groups -OCH3 is 1. The zero-order chi connectivity index (χ0) is 27.2. The van der Waals surface area contributed by atoms with Crippen LogP contribution in [0.5, 0.6) is 0 Å². The Morgan fingerprint density at radius 1 is 1.03 bits per heavy atom. The van der Waals surface area contributed by atoms with Crippen LogP contribution in [-0.4, -0.2) is 127 Å². The van der Waals surface area contributed by atoms with E-state index in [1.54, 1.807) is 7.11 Å². The minimum Gasteiger partial charge on any atom is -0.465 e. The topological polar surface area (TPSA) is 134 Å². The second-order valence-electron chi connectivity index (χ2n) is 11.5. The predicted octanol–water partition coefficient (Wildman–Crippen LogP) is 2.32. The fourth-order valence-corrected chi connectivity index (χ4v) is 6.23. The Morgan fingerprint density at radius 3 is 2.24 bits per heavy atom. The molecule has 12 nitrogen and oxygen atoms in total. The van der Waals surface area contributed by atoms with Gasteiger partial charge >= 0.3 is 18.3 Å². The summed E-state index contributed by atoms with van der Waals surface area (Å²) >= 11 is 0. The van der Waals surface area contributed by atoms with Crippen LogP contribution < -0.4 is 0 Å². The van der Waals surface area contributed by atoms with E-state index in [1.807, 2.05) is 0 Å². The van der Waals surface area contributed by atoms with Crippen LogP contribution in [0.4, 0.5) is 14.4 Å². The Bertz CT molecular complexity index is 967. The van der Waals surface area contributed by atoms with E-state index in [2.05, 4.69) is 26.8 Å². The first-order chi connectivity index (χ1) is 18.1. The van der Waals surface area contributed by atoms with Gasteiger partial charge in [-0.25, -0.2) is 14.4 Å². The lowest BCUT2D eigenvalue weighted by molar-refractivity contribution is -0.126. The Kier molecular flexibility index (Phi) is 7.25. The highest BCUT2D eigenvalue weighted by Gasteiger charge is 2.72. The van der Waals surface area contributed by atoms with Gasteiger partial charge in [0.25, 0.3) is 0 Å². The van der Waals surface area contributed by atoms with Crippen molar-refractivity contribution in [3.05, 3.63) is 11.6 Å². The van der Waals surface area contributed by atoms with Crippen LogP contribution in [0.3, 0.4) is 0 Å². The van der Waals surface area contributed by atoms with E-state index in [0.717, 1.165) is 12.8 Å². The summed E-state index contributed by atoms with van der Waals surface area (Å²) in [7, 11) is 1.64. The highest BCUT2D eigenvalue weighted by Crippen LogP contribution is 2.59. The second kappa shape index (κ2) is 10.2. The van der Waals surface area contributed by atoms with Crippen molar-refractivity contribution in [1.29, 1.82) is 0 Å². The maximum atomic E-state index is 12.9. The number of allylic oxidation sites excluding steroid dienone is 1. The third kappa shape index (κ3) is 5.17. The van der Waals surface area contributed by atoms with Crippen molar-refractivity contribution in [2.24, 2.45) is 5.92 Å². The lowest BCUT2D eigenvalue weighted by Gasteiger charge is -2.44. The number of epoxide rings is 2. The molecule has 1 spiro atoms. The molecule has 5 aliphatic rings. The highest BCUT2D eigenvalue weighted by atomic mass is 16.6. The molecule has 38 heavy (non-hydrogen) atoms. The predicted molar refractivity (Wildman–Crippen MR) is 133 cm³/mol. The van der Waals surface area contributed by atoms with Gasteiger partial charge < -0.3 is 43.5 Å². The first kappa shape index (κ1) is 27.0. The number of amides is 3. The van der Waals surface area contributed by atoms with Crippen molar-refractivity contribution >= 4 is 18.3 Å². The molecule has 0 aromatic heterocycles. The fraction of sp³-hybridized carbons (Fsp3) is 0.808. The van der Waals surface area contributed by atoms with Crippen LogP contribution in [-0.2, 0) is 23.7 Å². The molecule has 1 aliphatic carbocycles. The Hall–Kier alpha value is -2.57. The molecule has 5 rings (SSSR count). The molecule has 1 N–H and O–H groups in total. The summed E-state index contributed by atoms with van der Waals surface area (Å²) in [6.45, 7) is 8.51. The summed E-state index contributed by atoms with van der Waals surface area (Å²) in [5.74, 6) is -0.0474. The number of hydrogen-bond donors (Lipinski definition) is 1. The molecular weight excluding hydrogens is 498 g/mol. The average Bonchev–Trinajstić information content (AvgIpc) is 3.77. The number of nitrogens with zero attached hydrogens (tertiary/aromatic N) is 3. The summed E-state index contributed by atoms with van der Waals surface area (Å²) in [4.78, 5) is 40.7. The molecule has 4 saturated heterocycles. The van der Waals surface area contributed by atoms with Gasteiger partial charge in [-0.3, -0.25) is 0 Å². The number of rotatable bonds is 6. The third-order valence-electron chi connectivity index (χ3n) is 8.67. The van der Waals surface area contributed by atoms with Gasteiger partial charge in [-0.15, -0.1) is 0 Å². The SMILES string of the molecule is CO[C@@H]1[C@H](OC(=O)N2CC(OC(=O)N3CCN(C(=O)O)CC3)C2)CC[C@]2(CO2)[C@H]1[C@@]1(C)O[C@@H]1CC=C(C)C. The van der Waals surface area contributed by atoms with Crippen LogP contribution in [0.15, 0.2) is 11.6 Å². The maximum Gasteiger partial charge on any atom is 0.410 e. The minimum atomic E-state index is -0.992. The number of carbonyl (C=O) groups is 3. The fourth-order valence-electron chi connectivity index (χ4n) is 6.23. The molecule has 0 aromatic carbocycles. The molecule has 6 atom stereocenters. The first-order valence-electron chi connectivity index (χ1n) is 13.4. The molecular formula is C26H39N3O9. The van der Waals surface area contributed by atoms with Gasteiger partial charge in [-0.05, 0) is 40.0 Å². The van der Waals surface area contributed by atoms with Gasteiger partial charge in [-0.1, -0.05) is 11.6 Å². The molecule has 1 saturated carbocycles. The van der Waals surface area contributed by atoms with E-state index in [1.165, 1.54) is 20.3 Å². The Labute approximate surface area is 222 Å². The largest absolute Gasteiger partial charge is 0.465 e.